The number of nitrogens with zero attached hydrogens (tertiary/aromatic N) is 4. The van der Waals surface area contributed by atoms with Crippen molar-refractivity contribution in [3.05, 3.63) is 35.9 Å². The Kier molecular flexibility index (Phi) is 7.45. The van der Waals surface area contributed by atoms with E-state index < -0.39 is 0 Å². The average Bonchev–Trinajstić information content (AvgIpc) is 3.52. The molecule has 0 bridgehead atoms. The van der Waals surface area contributed by atoms with E-state index in [1.54, 1.807) is 0 Å². The zero-order chi connectivity index (χ0) is 21.6. The predicted octanol–water partition coefficient (Wildman–Crippen LogP) is 1.97. The zero-order valence-electron chi connectivity index (χ0n) is 19.0. The van der Waals surface area contributed by atoms with Gasteiger partial charge in [0.2, 0.25) is 5.91 Å². The fourth-order valence-electron chi connectivity index (χ4n) is 5.09. The van der Waals surface area contributed by atoms with Crippen molar-refractivity contribution in [2.45, 2.75) is 38.3 Å². The van der Waals surface area contributed by atoms with Crippen molar-refractivity contribution in [1.29, 1.82) is 0 Å². The van der Waals surface area contributed by atoms with Crippen LogP contribution in [0.15, 0.2) is 35.3 Å². The minimum absolute atomic E-state index is 0.0301. The molecule has 3 fully saturated rings. The summed E-state index contributed by atoms with van der Waals surface area (Å²) in [6.07, 6.45) is 3.51. The zero-order valence-corrected chi connectivity index (χ0v) is 19.0. The number of guanidine groups is 1. The van der Waals surface area contributed by atoms with Crippen LogP contribution in [0.1, 0.15) is 37.9 Å². The first-order valence-corrected chi connectivity index (χ1v) is 11.8. The number of benzene rings is 1. The fraction of sp³-hybridized carbons (Fsp3) is 0.667. The summed E-state index contributed by atoms with van der Waals surface area (Å²) in [7, 11) is 1.86. The molecule has 0 aliphatic carbocycles. The summed E-state index contributed by atoms with van der Waals surface area (Å²) in [6, 6.07) is 10.5. The average molecular weight is 428 g/mol. The van der Waals surface area contributed by atoms with Crippen LogP contribution in [0.2, 0.25) is 0 Å². The Morgan fingerprint density at radius 3 is 2.48 bits per heavy atom. The number of aliphatic imine (C=N–C) groups is 1. The monoisotopic (exact) mass is 427 g/mol. The Hall–Kier alpha value is -2.12. The third kappa shape index (κ3) is 5.21. The molecule has 3 saturated heterocycles. The molecule has 3 atom stereocenters. The maximum atomic E-state index is 12.7. The second-order valence-electron chi connectivity index (χ2n) is 8.91. The Bertz CT molecular complexity index is 742. The van der Waals surface area contributed by atoms with Gasteiger partial charge in [0, 0.05) is 65.4 Å². The molecule has 3 aliphatic rings. The number of piperazine rings is 1. The third-order valence-electron chi connectivity index (χ3n) is 7.01. The number of carbonyl (C=O) groups excluding carboxylic acids is 1. The van der Waals surface area contributed by atoms with Crippen LogP contribution in [-0.4, -0.2) is 92.1 Å². The molecule has 3 aliphatic heterocycles. The van der Waals surface area contributed by atoms with E-state index in [0.717, 1.165) is 77.6 Å². The molecule has 0 spiro atoms. The van der Waals surface area contributed by atoms with E-state index in [-0.39, 0.29) is 12.1 Å². The van der Waals surface area contributed by atoms with Crippen molar-refractivity contribution >= 4 is 11.9 Å². The van der Waals surface area contributed by atoms with Gasteiger partial charge in [-0.2, -0.15) is 0 Å². The van der Waals surface area contributed by atoms with E-state index in [1.165, 1.54) is 5.56 Å². The molecule has 4 rings (SSSR count). The lowest BCUT2D eigenvalue weighted by atomic mass is 9.95. The highest BCUT2D eigenvalue weighted by atomic mass is 16.5. The van der Waals surface area contributed by atoms with Gasteiger partial charge in [-0.1, -0.05) is 30.3 Å². The first-order valence-electron chi connectivity index (χ1n) is 11.8. The predicted molar refractivity (Wildman–Crippen MR) is 123 cm³/mol. The number of rotatable bonds is 5. The lowest BCUT2D eigenvalue weighted by Gasteiger charge is -2.39. The van der Waals surface area contributed by atoms with E-state index in [2.05, 4.69) is 51.3 Å². The van der Waals surface area contributed by atoms with Crippen LogP contribution in [0.4, 0.5) is 0 Å². The van der Waals surface area contributed by atoms with Gasteiger partial charge >= 0.3 is 0 Å². The lowest BCUT2D eigenvalue weighted by Crippen LogP contribution is -2.57. The van der Waals surface area contributed by atoms with E-state index in [1.807, 2.05) is 18.0 Å². The largest absolute Gasteiger partial charge is 0.373 e. The topological polar surface area (TPSA) is 60.4 Å². The molecule has 0 radical (unpaired) electrons. The summed E-state index contributed by atoms with van der Waals surface area (Å²) < 4.78 is 6.03. The van der Waals surface area contributed by atoms with E-state index in [0.29, 0.717) is 11.8 Å². The molecule has 1 N–H and O–H groups in total. The van der Waals surface area contributed by atoms with Crippen LogP contribution in [-0.2, 0) is 9.53 Å². The van der Waals surface area contributed by atoms with Crippen LogP contribution < -0.4 is 5.32 Å². The third-order valence-corrected chi connectivity index (χ3v) is 7.01. The van der Waals surface area contributed by atoms with Crippen molar-refractivity contribution in [3.63, 3.8) is 0 Å². The summed E-state index contributed by atoms with van der Waals surface area (Å²) >= 11 is 0. The molecule has 1 aromatic carbocycles. The molecule has 31 heavy (non-hydrogen) atoms. The van der Waals surface area contributed by atoms with Crippen LogP contribution in [0.3, 0.4) is 0 Å². The summed E-state index contributed by atoms with van der Waals surface area (Å²) in [5, 5.41) is 3.59. The van der Waals surface area contributed by atoms with Gasteiger partial charge < -0.3 is 19.9 Å². The smallest absolute Gasteiger partial charge is 0.239 e. The van der Waals surface area contributed by atoms with Gasteiger partial charge in [-0.3, -0.25) is 14.7 Å². The first-order chi connectivity index (χ1) is 15.2. The standard InChI is InChI=1S/C24H37N5O2/c1-19(23(30)28-11-6-7-12-28)27-13-15-29(16-14-27)24(25-2)26-18-21-10-17-31-22(21)20-8-4-3-5-9-20/h3-5,8-9,19,21-22H,6-7,10-18H2,1-2H3,(H,25,26). The molecule has 1 amide bonds. The lowest BCUT2D eigenvalue weighted by molar-refractivity contribution is -0.135. The molecule has 3 heterocycles. The Morgan fingerprint density at radius 2 is 1.81 bits per heavy atom. The van der Waals surface area contributed by atoms with E-state index in [9.17, 15) is 4.79 Å². The molecular formula is C24H37N5O2. The molecule has 7 nitrogen and oxygen atoms in total. The second kappa shape index (κ2) is 10.5. The number of hydrogen-bond acceptors (Lipinski definition) is 4. The summed E-state index contributed by atoms with van der Waals surface area (Å²) in [5.74, 6) is 1.69. The quantitative estimate of drug-likeness (QED) is 0.575. The van der Waals surface area contributed by atoms with Crippen molar-refractivity contribution in [2.24, 2.45) is 10.9 Å². The highest BCUT2D eigenvalue weighted by Gasteiger charge is 2.32. The minimum atomic E-state index is -0.0301. The maximum Gasteiger partial charge on any atom is 0.239 e. The highest BCUT2D eigenvalue weighted by Crippen LogP contribution is 2.33. The molecule has 0 aromatic heterocycles. The van der Waals surface area contributed by atoms with Crippen molar-refractivity contribution in [2.75, 3.05) is 59.5 Å². The summed E-state index contributed by atoms with van der Waals surface area (Å²) in [6.45, 7) is 9.14. The van der Waals surface area contributed by atoms with E-state index in [4.69, 9.17) is 4.74 Å². The number of nitrogens with one attached hydrogen (secondary N) is 1. The molecule has 3 unspecified atom stereocenters. The molecule has 7 heteroatoms. The van der Waals surface area contributed by atoms with Crippen LogP contribution in [0, 0.1) is 5.92 Å². The van der Waals surface area contributed by atoms with E-state index >= 15 is 0 Å². The molecule has 170 valence electrons. The molecule has 0 saturated carbocycles. The Balaban J connectivity index is 1.26. The summed E-state index contributed by atoms with van der Waals surface area (Å²) in [4.78, 5) is 23.9. The van der Waals surface area contributed by atoms with Crippen LogP contribution >= 0.6 is 0 Å². The van der Waals surface area contributed by atoms with Gasteiger partial charge in [-0.15, -0.1) is 0 Å². The highest BCUT2D eigenvalue weighted by molar-refractivity contribution is 5.82. The first kappa shape index (κ1) is 22.1. The van der Waals surface area contributed by atoms with Crippen LogP contribution in [0.25, 0.3) is 0 Å². The number of carbonyl (C=O) groups is 1. The number of likely N-dealkylation sites (tertiary alicyclic amines) is 1. The maximum absolute atomic E-state index is 12.7. The van der Waals surface area contributed by atoms with Crippen molar-refractivity contribution in [3.8, 4) is 0 Å². The van der Waals surface area contributed by atoms with Crippen molar-refractivity contribution in [1.82, 2.24) is 20.0 Å². The SMILES string of the molecule is CN=C(NCC1CCOC1c1ccccc1)N1CCN(C(C)C(=O)N2CCCC2)CC1. The van der Waals surface area contributed by atoms with Crippen LogP contribution in [0.5, 0.6) is 0 Å². The van der Waals surface area contributed by atoms with Crippen molar-refractivity contribution < 1.29 is 9.53 Å². The Labute approximate surface area is 186 Å². The summed E-state index contributed by atoms with van der Waals surface area (Å²) in [5.41, 5.74) is 1.26. The Morgan fingerprint density at radius 1 is 1.10 bits per heavy atom. The number of amides is 1. The van der Waals surface area contributed by atoms with Gasteiger partial charge in [-0.25, -0.2) is 0 Å². The molecule has 1 aromatic rings. The van der Waals surface area contributed by atoms with Gasteiger partial charge in [0.15, 0.2) is 5.96 Å². The second-order valence-corrected chi connectivity index (χ2v) is 8.91. The fourth-order valence-corrected chi connectivity index (χ4v) is 5.09. The normalized spacial score (nSPS) is 26.3. The number of hydrogen-bond donors (Lipinski definition) is 1. The minimum Gasteiger partial charge on any atom is -0.373 e. The van der Waals surface area contributed by atoms with Gasteiger partial charge in [0.25, 0.3) is 0 Å². The van der Waals surface area contributed by atoms with Gasteiger partial charge in [0.1, 0.15) is 0 Å². The molecular weight excluding hydrogens is 390 g/mol. The van der Waals surface area contributed by atoms with Gasteiger partial charge in [-0.05, 0) is 31.7 Å². The van der Waals surface area contributed by atoms with Gasteiger partial charge in [0.05, 0.1) is 12.1 Å². The number of ether oxygens (including phenoxy) is 1.